The number of nitrogens with one attached hydrogen (secondary N) is 1. The van der Waals surface area contributed by atoms with E-state index < -0.39 is 0 Å². The van der Waals surface area contributed by atoms with Gasteiger partial charge in [0, 0.05) is 24.3 Å². The Morgan fingerprint density at radius 3 is 2.91 bits per heavy atom. The number of carbonyl (C=O) groups excluding carboxylic acids is 1. The summed E-state index contributed by atoms with van der Waals surface area (Å²) < 4.78 is 2.08. The Morgan fingerprint density at radius 1 is 1.32 bits per heavy atom. The van der Waals surface area contributed by atoms with Crippen LogP contribution < -0.4 is 5.32 Å². The normalized spacial score (nSPS) is 15.1. The molecule has 0 fully saturated rings. The summed E-state index contributed by atoms with van der Waals surface area (Å²) in [6.07, 6.45) is 6.20. The fraction of sp³-hybridized carbons (Fsp3) is 0.444. The molecule has 4 nitrogen and oxygen atoms in total. The Kier molecular flexibility index (Phi) is 4.56. The van der Waals surface area contributed by atoms with Crippen LogP contribution in [0.15, 0.2) is 36.5 Å². The fourth-order valence-corrected chi connectivity index (χ4v) is 3.20. The summed E-state index contributed by atoms with van der Waals surface area (Å²) >= 11 is 0. The highest BCUT2D eigenvalue weighted by Crippen LogP contribution is 2.21. The number of rotatable bonds is 5. The van der Waals surface area contributed by atoms with Crippen molar-refractivity contribution in [3.05, 3.63) is 53.3 Å². The van der Waals surface area contributed by atoms with E-state index in [1.54, 1.807) is 0 Å². The molecule has 22 heavy (non-hydrogen) atoms. The third-order valence-electron chi connectivity index (χ3n) is 4.45. The second-order valence-corrected chi connectivity index (χ2v) is 5.89. The maximum Gasteiger partial charge on any atom is 0.227 e. The Labute approximate surface area is 131 Å². The fourth-order valence-electron chi connectivity index (χ4n) is 3.20. The van der Waals surface area contributed by atoms with Crippen LogP contribution >= 0.6 is 0 Å². The summed E-state index contributed by atoms with van der Waals surface area (Å²) in [6, 6.07) is 10.00. The van der Waals surface area contributed by atoms with Gasteiger partial charge in [-0.25, -0.2) is 0 Å². The number of fused-ring (bicyclic) bond motifs is 1. The summed E-state index contributed by atoms with van der Waals surface area (Å²) in [6.45, 7) is 3.64. The standard InChI is InChI=1S/C18H23N3O/c1-2-16(14-8-4-3-5-9-14)18(22)19-12-15-13-20-21-11-7-6-10-17(15)21/h3-5,8-9,13,16H,2,6-7,10-12H2,1H3,(H,19,22). The van der Waals surface area contributed by atoms with Crippen molar-refractivity contribution in [3.8, 4) is 0 Å². The van der Waals surface area contributed by atoms with Gasteiger partial charge in [-0.1, -0.05) is 37.3 Å². The zero-order valence-electron chi connectivity index (χ0n) is 13.1. The third-order valence-corrected chi connectivity index (χ3v) is 4.45. The van der Waals surface area contributed by atoms with Gasteiger partial charge in [-0.15, -0.1) is 0 Å². The first kappa shape index (κ1) is 14.8. The van der Waals surface area contributed by atoms with Crippen molar-refractivity contribution in [2.75, 3.05) is 0 Å². The molecule has 0 saturated carbocycles. The van der Waals surface area contributed by atoms with E-state index in [0.29, 0.717) is 6.54 Å². The van der Waals surface area contributed by atoms with Crippen molar-refractivity contribution in [2.45, 2.75) is 51.6 Å². The lowest BCUT2D eigenvalue weighted by Gasteiger charge is -2.17. The van der Waals surface area contributed by atoms with Crippen molar-refractivity contribution in [3.63, 3.8) is 0 Å². The molecule has 4 heteroatoms. The van der Waals surface area contributed by atoms with E-state index in [4.69, 9.17) is 0 Å². The second-order valence-electron chi connectivity index (χ2n) is 5.89. The Bertz CT molecular complexity index is 633. The van der Waals surface area contributed by atoms with Gasteiger partial charge in [0.1, 0.15) is 0 Å². The summed E-state index contributed by atoms with van der Waals surface area (Å²) in [4.78, 5) is 12.5. The number of hydrogen-bond acceptors (Lipinski definition) is 2. The maximum atomic E-state index is 12.5. The van der Waals surface area contributed by atoms with Crippen LogP contribution in [0.2, 0.25) is 0 Å². The van der Waals surface area contributed by atoms with E-state index in [2.05, 4.69) is 22.0 Å². The molecule has 1 aliphatic rings. The molecule has 1 aliphatic heterocycles. The number of amides is 1. The van der Waals surface area contributed by atoms with Crippen molar-refractivity contribution in [1.29, 1.82) is 0 Å². The lowest BCUT2D eigenvalue weighted by Crippen LogP contribution is -2.29. The first-order valence-electron chi connectivity index (χ1n) is 8.15. The summed E-state index contributed by atoms with van der Waals surface area (Å²) in [5, 5.41) is 7.52. The molecule has 0 saturated heterocycles. The number of nitrogens with zero attached hydrogens (tertiary/aromatic N) is 2. The van der Waals surface area contributed by atoms with Crippen molar-refractivity contribution >= 4 is 5.91 Å². The van der Waals surface area contributed by atoms with Crippen LogP contribution in [-0.2, 0) is 24.3 Å². The smallest absolute Gasteiger partial charge is 0.227 e. The van der Waals surface area contributed by atoms with Gasteiger partial charge in [-0.2, -0.15) is 5.10 Å². The molecule has 116 valence electrons. The van der Waals surface area contributed by atoms with Crippen LogP contribution in [0, 0.1) is 0 Å². The minimum Gasteiger partial charge on any atom is -0.351 e. The van der Waals surface area contributed by atoms with Gasteiger partial charge in [-0.05, 0) is 31.2 Å². The molecule has 0 aliphatic carbocycles. The average Bonchev–Trinajstić information content (AvgIpc) is 2.98. The third kappa shape index (κ3) is 3.06. The molecule has 1 N–H and O–H groups in total. The molecule has 1 aromatic carbocycles. The molecule has 0 bridgehead atoms. The van der Waals surface area contributed by atoms with E-state index >= 15 is 0 Å². The van der Waals surface area contributed by atoms with Gasteiger partial charge in [0.2, 0.25) is 5.91 Å². The van der Waals surface area contributed by atoms with Crippen LogP contribution in [0.3, 0.4) is 0 Å². The number of aromatic nitrogens is 2. The summed E-state index contributed by atoms with van der Waals surface area (Å²) in [7, 11) is 0. The van der Waals surface area contributed by atoms with Crippen LogP contribution in [0.25, 0.3) is 0 Å². The number of hydrogen-bond donors (Lipinski definition) is 1. The van der Waals surface area contributed by atoms with Crippen LogP contribution in [0.1, 0.15) is 48.9 Å². The minimum atomic E-state index is -0.0763. The van der Waals surface area contributed by atoms with Crippen LogP contribution in [0.5, 0.6) is 0 Å². The Hall–Kier alpha value is -2.10. The Balaban J connectivity index is 1.65. The molecule has 0 spiro atoms. The molecular weight excluding hydrogens is 274 g/mol. The quantitative estimate of drug-likeness (QED) is 0.922. The molecule has 1 aromatic heterocycles. The lowest BCUT2D eigenvalue weighted by molar-refractivity contribution is -0.122. The van der Waals surface area contributed by atoms with Gasteiger partial charge in [0.15, 0.2) is 0 Å². The van der Waals surface area contributed by atoms with Gasteiger partial charge in [-0.3, -0.25) is 9.48 Å². The first-order chi connectivity index (χ1) is 10.8. The predicted octanol–water partition coefficient (Wildman–Crippen LogP) is 3.03. The molecule has 1 unspecified atom stereocenters. The first-order valence-corrected chi connectivity index (χ1v) is 8.15. The largest absolute Gasteiger partial charge is 0.351 e. The SMILES string of the molecule is CCC(C(=O)NCc1cnn2c1CCCC2)c1ccccc1. The molecular formula is C18H23N3O. The van der Waals surface area contributed by atoms with Crippen LogP contribution in [0.4, 0.5) is 0 Å². The van der Waals surface area contributed by atoms with E-state index in [9.17, 15) is 4.79 Å². The van der Waals surface area contributed by atoms with E-state index in [0.717, 1.165) is 30.5 Å². The average molecular weight is 297 g/mol. The highest BCUT2D eigenvalue weighted by molar-refractivity contribution is 5.83. The monoisotopic (exact) mass is 297 g/mol. The predicted molar refractivity (Wildman–Crippen MR) is 86.5 cm³/mol. The summed E-state index contributed by atoms with van der Waals surface area (Å²) in [5.74, 6) is 0.0251. The molecule has 0 radical (unpaired) electrons. The van der Waals surface area contributed by atoms with Gasteiger partial charge >= 0.3 is 0 Å². The highest BCUT2D eigenvalue weighted by atomic mass is 16.1. The Morgan fingerprint density at radius 2 is 2.14 bits per heavy atom. The number of benzene rings is 1. The highest BCUT2D eigenvalue weighted by Gasteiger charge is 2.20. The van der Waals surface area contributed by atoms with Gasteiger partial charge in [0.25, 0.3) is 0 Å². The van der Waals surface area contributed by atoms with E-state index in [-0.39, 0.29) is 11.8 Å². The summed E-state index contributed by atoms with van der Waals surface area (Å²) in [5.41, 5.74) is 3.54. The minimum absolute atomic E-state index is 0.0763. The van der Waals surface area contributed by atoms with Crippen molar-refractivity contribution in [1.82, 2.24) is 15.1 Å². The molecule has 2 heterocycles. The molecule has 1 atom stereocenters. The number of carbonyl (C=O) groups is 1. The molecule has 2 aromatic rings. The van der Waals surface area contributed by atoms with Gasteiger partial charge in [0.05, 0.1) is 12.1 Å². The molecule has 3 rings (SSSR count). The zero-order valence-corrected chi connectivity index (χ0v) is 13.1. The van der Waals surface area contributed by atoms with Crippen LogP contribution in [-0.4, -0.2) is 15.7 Å². The number of aryl methyl sites for hydroxylation is 1. The van der Waals surface area contributed by atoms with Crippen molar-refractivity contribution in [2.24, 2.45) is 0 Å². The van der Waals surface area contributed by atoms with E-state index in [1.807, 2.05) is 36.5 Å². The van der Waals surface area contributed by atoms with Crippen molar-refractivity contribution < 1.29 is 4.79 Å². The van der Waals surface area contributed by atoms with Gasteiger partial charge < -0.3 is 5.32 Å². The van der Waals surface area contributed by atoms with E-state index in [1.165, 1.54) is 18.5 Å². The lowest BCUT2D eigenvalue weighted by atomic mass is 9.95. The maximum absolute atomic E-state index is 12.5. The topological polar surface area (TPSA) is 46.9 Å². The second kappa shape index (κ2) is 6.77. The molecule has 1 amide bonds. The zero-order chi connectivity index (χ0) is 15.4.